The molecule has 4 N–H and O–H groups in total. The number of hydrogen-bond donors (Lipinski definition) is 2. The van der Waals surface area contributed by atoms with Gasteiger partial charge in [-0.2, -0.15) is 0 Å². The Morgan fingerprint density at radius 2 is 0.714 bits per heavy atom. The van der Waals surface area contributed by atoms with Crippen molar-refractivity contribution in [3.05, 3.63) is 57.6 Å². The standard InChI is InChI=1S/C26H40N2/c1-5-9-19-17-25(27)23(11-7-3)15-21(19)13-14-22-16-24(12-8-4)26(28)18-20(22)10-6-2/h15-18H,5-14,27-28H2,1-4H3. The van der Waals surface area contributed by atoms with Gasteiger partial charge in [0.25, 0.3) is 0 Å². The molecule has 0 aromatic heterocycles. The van der Waals surface area contributed by atoms with E-state index in [1.54, 1.807) is 0 Å². The molecule has 2 aromatic rings. The molecule has 28 heavy (non-hydrogen) atoms. The Bertz CT molecular complexity index is 696. The van der Waals surface area contributed by atoms with Crippen LogP contribution in [0, 0.1) is 0 Å². The molecular formula is C26H40N2. The van der Waals surface area contributed by atoms with Crippen molar-refractivity contribution in [3.63, 3.8) is 0 Å². The van der Waals surface area contributed by atoms with E-state index in [9.17, 15) is 0 Å². The Kier molecular flexibility index (Phi) is 8.89. The summed E-state index contributed by atoms with van der Waals surface area (Å²) >= 11 is 0. The molecule has 154 valence electrons. The highest BCUT2D eigenvalue weighted by Crippen LogP contribution is 2.26. The molecule has 0 fully saturated rings. The molecule has 2 heteroatoms. The van der Waals surface area contributed by atoms with Crippen molar-refractivity contribution >= 4 is 11.4 Å². The van der Waals surface area contributed by atoms with Gasteiger partial charge in [0.05, 0.1) is 0 Å². The summed E-state index contributed by atoms with van der Waals surface area (Å²) < 4.78 is 0. The number of nitrogens with two attached hydrogens (primary N) is 2. The summed E-state index contributed by atoms with van der Waals surface area (Å²) in [5, 5.41) is 0. The quantitative estimate of drug-likeness (QED) is 0.440. The second kappa shape index (κ2) is 11.1. The minimum Gasteiger partial charge on any atom is -0.398 e. The lowest BCUT2D eigenvalue weighted by atomic mass is 9.90. The van der Waals surface area contributed by atoms with Gasteiger partial charge in [0.15, 0.2) is 0 Å². The van der Waals surface area contributed by atoms with Gasteiger partial charge in [0.1, 0.15) is 0 Å². The van der Waals surface area contributed by atoms with Gasteiger partial charge in [-0.3, -0.25) is 0 Å². The van der Waals surface area contributed by atoms with Crippen molar-refractivity contribution in [2.24, 2.45) is 0 Å². The Morgan fingerprint density at radius 3 is 1.04 bits per heavy atom. The van der Waals surface area contributed by atoms with Crippen LogP contribution >= 0.6 is 0 Å². The molecular weight excluding hydrogens is 340 g/mol. The normalized spacial score (nSPS) is 11.1. The van der Waals surface area contributed by atoms with E-state index >= 15 is 0 Å². The highest BCUT2D eigenvalue weighted by molar-refractivity contribution is 5.54. The summed E-state index contributed by atoms with van der Waals surface area (Å²) in [5.41, 5.74) is 23.1. The maximum absolute atomic E-state index is 6.33. The Balaban J connectivity index is 2.33. The van der Waals surface area contributed by atoms with Crippen molar-refractivity contribution in [1.29, 1.82) is 0 Å². The topological polar surface area (TPSA) is 52.0 Å². The summed E-state index contributed by atoms with van der Waals surface area (Å²) in [5.74, 6) is 0. The first-order chi connectivity index (χ1) is 13.5. The van der Waals surface area contributed by atoms with E-state index in [0.29, 0.717) is 0 Å². The van der Waals surface area contributed by atoms with Crippen molar-refractivity contribution in [3.8, 4) is 0 Å². The Hall–Kier alpha value is -1.96. The van der Waals surface area contributed by atoms with Gasteiger partial charge in [0, 0.05) is 11.4 Å². The third-order valence-electron chi connectivity index (χ3n) is 5.66. The lowest BCUT2D eigenvalue weighted by Crippen LogP contribution is -2.06. The number of anilines is 2. The highest BCUT2D eigenvalue weighted by atomic mass is 14.6. The molecule has 2 rings (SSSR count). The Morgan fingerprint density at radius 1 is 0.429 bits per heavy atom. The van der Waals surface area contributed by atoms with Gasteiger partial charge >= 0.3 is 0 Å². The van der Waals surface area contributed by atoms with Crippen LogP contribution in [0.25, 0.3) is 0 Å². The van der Waals surface area contributed by atoms with Crippen LogP contribution in [-0.4, -0.2) is 0 Å². The maximum atomic E-state index is 6.33. The van der Waals surface area contributed by atoms with Crippen LogP contribution in [-0.2, 0) is 38.5 Å². The average molecular weight is 381 g/mol. The molecule has 0 bridgehead atoms. The fourth-order valence-corrected chi connectivity index (χ4v) is 4.23. The lowest BCUT2D eigenvalue weighted by molar-refractivity contribution is 0.841. The average Bonchev–Trinajstić information content (AvgIpc) is 2.66. The van der Waals surface area contributed by atoms with Crippen LogP contribution < -0.4 is 11.5 Å². The number of rotatable bonds is 11. The van der Waals surface area contributed by atoms with Gasteiger partial charge < -0.3 is 11.5 Å². The minimum absolute atomic E-state index is 0.971. The fourth-order valence-electron chi connectivity index (χ4n) is 4.23. The third-order valence-corrected chi connectivity index (χ3v) is 5.66. The fraction of sp³-hybridized carbons (Fsp3) is 0.538. The smallest absolute Gasteiger partial charge is 0.0349 e. The molecule has 0 unspecified atom stereocenters. The number of benzene rings is 2. The monoisotopic (exact) mass is 380 g/mol. The molecule has 0 aliphatic carbocycles. The molecule has 0 saturated carbocycles. The van der Waals surface area contributed by atoms with E-state index < -0.39 is 0 Å². The van der Waals surface area contributed by atoms with Crippen LogP contribution in [0.1, 0.15) is 86.8 Å². The molecule has 0 amide bonds. The summed E-state index contributed by atoms with van der Waals surface area (Å²) in [6.45, 7) is 8.94. The SMILES string of the molecule is CCCc1cc(CCc2cc(CCC)c(N)cc2CCC)c(CCC)cc1N. The molecule has 0 atom stereocenters. The number of hydrogen-bond acceptors (Lipinski definition) is 2. The van der Waals surface area contributed by atoms with E-state index in [-0.39, 0.29) is 0 Å². The zero-order valence-electron chi connectivity index (χ0n) is 18.5. The Labute approximate surface area is 172 Å². The summed E-state index contributed by atoms with van der Waals surface area (Å²) in [7, 11) is 0. The highest BCUT2D eigenvalue weighted by Gasteiger charge is 2.11. The van der Waals surface area contributed by atoms with Gasteiger partial charge in [-0.25, -0.2) is 0 Å². The molecule has 2 aromatic carbocycles. The van der Waals surface area contributed by atoms with Gasteiger partial charge in [-0.05, 0) is 84.0 Å². The predicted octanol–water partition coefficient (Wildman–Crippen LogP) is 6.45. The molecule has 0 aliphatic rings. The van der Waals surface area contributed by atoms with E-state index in [1.165, 1.54) is 33.4 Å². The molecule has 0 radical (unpaired) electrons. The van der Waals surface area contributed by atoms with Crippen LogP contribution in [0.3, 0.4) is 0 Å². The molecule has 0 saturated heterocycles. The van der Waals surface area contributed by atoms with E-state index in [2.05, 4.69) is 52.0 Å². The molecule has 0 spiro atoms. The third kappa shape index (κ3) is 5.77. The van der Waals surface area contributed by atoms with Crippen LogP contribution in [0.2, 0.25) is 0 Å². The predicted molar refractivity (Wildman–Crippen MR) is 125 cm³/mol. The first-order valence-corrected chi connectivity index (χ1v) is 11.3. The lowest BCUT2D eigenvalue weighted by Gasteiger charge is -2.17. The van der Waals surface area contributed by atoms with Crippen molar-refractivity contribution < 1.29 is 0 Å². The molecule has 0 aliphatic heterocycles. The summed E-state index contributed by atoms with van der Waals surface area (Å²) in [6, 6.07) is 9.24. The second-order valence-corrected chi connectivity index (χ2v) is 8.14. The number of nitrogen functional groups attached to an aromatic ring is 2. The van der Waals surface area contributed by atoms with Crippen molar-refractivity contribution in [2.75, 3.05) is 11.5 Å². The first-order valence-electron chi connectivity index (χ1n) is 11.3. The summed E-state index contributed by atoms with van der Waals surface area (Å²) in [4.78, 5) is 0. The van der Waals surface area contributed by atoms with Gasteiger partial charge in [-0.15, -0.1) is 0 Å². The largest absolute Gasteiger partial charge is 0.398 e. The van der Waals surface area contributed by atoms with Gasteiger partial charge in [0.2, 0.25) is 0 Å². The van der Waals surface area contributed by atoms with Crippen LogP contribution in [0.15, 0.2) is 24.3 Å². The van der Waals surface area contributed by atoms with E-state index in [1.807, 2.05) is 0 Å². The number of aryl methyl sites for hydroxylation is 6. The van der Waals surface area contributed by atoms with E-state index in [4.69, 9.17) is 11.5 Å². The van der Waals surface area contributed by atoms with Gasteiger partial charge in [-0.1, -0.05) is 65.5 Å². The van der Waals surface area contributed by atoms with Crippen LogP contribution in [0.4, 0.5) is 11.4 Å². The first kappa shape index (κ1) is 22.3. The zero-order chi connectivity index (χ0) is 20.5. The van der Waals surface area contributed by atoms with E-state index in [0.717, 1.165) is 75.6 Å². The summed E-state index contributed by atoms with van der Waals surface area (Å²) in [6.07, 6.45) is 11.1. The zero-order valence-corrected chi connectivity index (χ0v) is 18.5. The molecule has 2 nitrogen and oxygen atoms in total. The second-order valence-electron chi connectivity index (χ2n) is 8.14. The molecule has 0 heterocycles. The van der Waals surface area contributed by atoms with Crippen molar-refractivity contribution in [1.82, 2.24) is 0 Å². The minimum atomic E-state index is 0.971. The van der Waals surface area contributed by atoms with Crippen molar-refractivity contribution in [2.45, 2.75) is 91.9 Å². The maximum Gasteiger partial charge on any atom is 0.0349 e. The van der Waals surface area contributed by atoms with Crippen LogP contribution in [0.5, 0.6) is 0 Å².